The van der Waals surface area contributed by atoms with Crippen LogP contribution in [-0.2, 0) is 4.79 Å². The third kappa shape index (κ3) is 6.28. The van der Waals surface area contributed by atoms with E-state index in [0.29, 0.717) is 5.82 Å². The smallest absolute Gasteiger partial charge is 0.327 e. The van der Waals surface area contributed by atoms with Gasteiger partial charge in [0.1, 0.15) is 5.82 Å². The Morgan fingerprint density at radius 2 is 2.25 bits per heavy atom. The van der Waals surface area contributed by atoms with E-state index in [4.69, 9.17) is 10.8 Å². The highest BCUT2D eigenvalue weighted by molar-refractivity contribution is 5.78. The Morgan fingerprint density at radius 3 is 2.42 bits per heavy atom. The first-order chi connectivity index (χ1) is 5.66. The summed E-state index contributed by atoms with van der Waals surface area (Å²) in [4.78, 5) is 13.0. The van der Waals surface area contributed by atoms with Crippen molar-refractivity contribution in [2.45, 2.75) is 0 Å². The zero-order valence-corrected chi connectivity index (χ0v) is 6.47. The number of carboxylic acid groups (broad SMARTS) is 1. The summed E-state index contributed by atoms with van der Waals surface area (Å²) < 4.78 is 0. The Kier molecular flexibility index (Phi) is 5.00. The molecular formula is C8H10N2O2. The van der Waals surface area contributed by atoms with Gasteiger partial charge >= 0.3 is 5.97 Å². The lowest BCUT2D eigenvalue weighted by molar-refractivity contribution is -0.131. The van der Waals surface area contributed by atoms with E-state index in [1.165, 1.54) is 0 Å². The number of anilines is 1. The number of pyridine rings is 1. The van der Waals surface area contributed by atoms with Crippen LogP contribution in [0.4, 0.5) is 5.82 Å². The minimum Gasteiger partial charge on any atom is -0.478 e. The van der Waals surface area contributed by atoms with Gasteiger partial charge in [-0.05, 0) is 12.1 Å². The molecule has 0 aliphatic rings. The topological polar surface area (TPSA) is 76.2 Å². The molecule has 0 aromatic carbocycles. The van der Waals surface area contributed by atoms with Gasteiger partial charge in [0.15, 0.2) is 0 Å². The minimum atomic E-state index is -0.981. The van der Waals surface area contributed by atoms with E-state index in [0.717, 1.165) is 6.08 Å². The quantitative estimate of drug-likeness (QED) is 0.608. The molecule has 1 rings (SSSR count). The number of nitrogens with two attached hydrogens (primary N) is 1. The highest BCUT2D eigenvalue weighted by Gasteiger charge is 1.74. The molecule has 1 aromatic heterocycles. The third-order valence-corrected chi connectivity index (χ3v) is 0.862. The van der Waals surface area contributed by atoms with Gasteiger partial charge in [0.2, 0.25) is 0 Å². The molecule has 0 unspecified atom stereocenters. The van der Waals surface area contributed by atoms with Gasteiger partial charge in [-0.25, -0.2) is 9.78 Å². The van der Waals surface area contributed by atoms with E-state index in [-0.39, 0.29) is 0 Å². The first-order valence-corrected chi connectivity index (χ1v) is 3.18. The van der Waals surface area contributed by atoms with Crippen molar-refractivity contribution in [1.29, 1.82) is 0 Å². The summed E-state index contributed by atoms with van der Waals surface area (Å²) >= 11 is 0. The van der Waals surface area contributed by atoms with Crippen molar-refractivity contribution >= 4 is 11.8 Å². The molecule has 0 aliphatic heterocycles. The third-order valence-electron chi connectivity index (χ3n) is 0.862. The van der Waals surface area contributed by atoms with E-state index in [9.17, 15) is 4.79 Å². The molecule has 0 aliphatic carbocycles. The molecule has 1 aromatic rings. The summed E-state index contributed by atoms with van der Waals surface area (Å²) in [5.74, 6) is -0.410. The highest BCUT2D eigenvalue weighted by Crippen LogP contribution is 1.89. The lowest BCUT2D eigenvalue weighted by atomic mass is 10.5. The Morgan fingerprint density at radius 1 is 1.67 bits per heavy atom. The number of aromatic nitrogens is 1. The second-order valence-corrected chi connectivity index (χ2v) is 1.80. The van der Waals surface area contributed by atoms with Gasteiger partial charge in [0.05, 0.1) is 0 Å². The van der Waals surface area contributed by atoms with E-state index < -0.39 is 5.97 Å². The van der Waals surface area contributed by atoms with E-state index >= 15 is 0 Å². The maximum absolute atomic E-state index is 9.25. The number of nitrogens with zero attached hydrogens (tertiary/aromatic N) is 1. The fraction of sp³-hybridized carbons (Fsp3) is 0. The molecular weight excluding hydrogens is 156 g/mol. The predicted molar refractivity (Wildman–Crippen MR) is 46.5 cm³/mol. The van der Waals surface area contributed by atoms with Crippen LogP contribution in [0.15, 0.2) is 37.1 Å². The lowest BCUT2D eigenvalue weighted by Gasteiger charge is -1.82. The van der Waals surface area contributed by atoms with E-state index in [1.807, 2.05) is 12.1 Å². The number of hydrogen-bond acceptors (Lipinski definition) is 3. The van der Waals surface area contributed by atoms with Crippen molar-refractivity contribution in [2.75, 3.05) is 5.73 Å². The van der Waals surface area contributed by atoms with Crippen molar-refractivity contribution in [3.05, 3.63) is 37.1 Å². The van der Waals surface area contributed by atoms with Gasteiger partial charge in [-0.1, -0.05) is 12.6 Å². The normalized spacial score (nSPS) is 7.67. The van der Waals surface area contributed by atoms with Crippen LogP contribution in [0.5, 0.6) is 0 Å². The second kappa shape index (κ2) is 5.91. The minimum absolute atomic E-state index is 0.572. The Balaban J connectivity index is 0.000000217. The molecule has 0 saturated carbocycles. The SMILES string of the molecule is C=CC(=O)O.Nc1ccccn1. The molecule has 0 amide bonds. The van der Waals surface area contributed by atoms with Crippen LogP contribution >= 0.6 is 0 Å². The summed E-state index contributed by atoms with van der Waals surface area (Å²) in [5, 5.41) is 7.60. The summed E-state index contributed by atoms with van der Waals surface area (Å²) in [5.41, 5.74) is 5.25. The number of aliphatic carboxylic acids is 1. The Bertz CT molecular complexity index is 246. The van der Waals surface area contributed by atoms with Crippen LogP contribution < -0.4 is 5.73 Å². The molecule has 0 fully saturated rings. The van der Waals surface area contributed by atoms with Gasteiger partial charge < -0.3 is 10.8 Å². The molecule has 4 nitrogen and oxygen atoms in total. The highest BCUT2D eigenvalue weighted by atomic mass is 16.4. The molecule has 0 atom stereocenters. The van der Waals surface area contributed by atoms with Crippen molar-refractivity contribution < 1.29 is 9.90 Å². The van der Waals surface area contributed by atoms with Gasteiger partial charge in [-0.2, -0.15) is 0 Å². The summed E-state index contributed by atoms with van der Waals surface area (Å²) in [6.07, 6.45) is 2.50. The first-order valence-electron chi connectivity index (χ1n) is 3.18. The first kappa shape index (κ1) is 10.2. The molecule has 1 heterocycles. The number of hydrogen-bond donors (Lipinski definition) is 2. The molecule has 4 heteroatoms. The Hall–Kier alpha value is -1.84. The van der Waals surface area contributed by atoms with Crippen LogP contribution in [0.3, 0.4) is 0 Å². The van der Waals surface area contributed by atoms with Crippen LogP contribution in [0, 0.1) is 0 Å². The van der Waals surface area contributed by atoms with Gasteiger partial charge in [0, 0.05) is 12.3 Å². The van der Waals surface area contributed by atoms with Crippen LogP contribution in [0.2, 0.25) is 0 Å². The largest absolute Gasteiger partial charge is 0.478 e. The number of rotatable bonds is 1. The van der Waals surface area contributed by atoms with Crippen LogP contribution in [0.1, 0.15) is 0 Å². The molecule has 3 N–H and O–H groups in total. The number of nitrogen functional groups attached to an aromatic ring is 1. The van der Waals surface area contributed by atoms with Gasteiger partial charge in [-0.3, -0.25) is 0 Å². The number of carbonyl (C=O) groups is 1. The molecule has 0 bridgehead atoms. The zero-order valence-electron chi connectivity index (χ0n) is 6.47. The lowest BCUT2D eigenvalue weighted by Crippen LogP contribution is -1.85. The second-order valence-electron chi connectivity index (χ2n) is 1.80. The maximum Gasteiger partial charge on any atom is 0.327 e. The molecule has 64 valence electrons. The van der Waals surface area contributed by atoms with Crippen molar-refractivity contribution in [2.24, 2.45) is 0 Å². The number of carboxylic acids is 1. The van der Waals surface area contributed by atoms with Crippen molar-refractivity contribution in [3.8, 4) is 0 Å². The molecule has 0 radical (unpaired) electrons. The van der Waals surface area contributed by atoms with Crippen molar-refractivity contribution in [1.82, 2.24) is 4.98 Å². The average molecular weight is 166 g/mol. The monoisotopic (exact) mass is 166 g/mol. The van der Waals surface area contributed by atoms with E-state index in [2.05, 4.69) is 11.6 Å². The van der Waals surface area contributed by atoms with Gasteiger partial charge in [-0.15, -0.1) is 0 Å². The molecule has 12 heavy (non-hydrogen) atoms. The maximum atomic E-state index is 9.25. The standard InChI is InChI=1S/C5H6N2.C3H4O2/c6-5-3-1-2-4-7-5;1-2-3(4)5/h1-4H,(H2,6,7);2H,1H2,(H,4,5). The fourth-order valence-electron chi connectivity index (χ4n) is 0.376. The summed E-state index contributed by atoms with van der Waals surface area (Å²) in [6, 6.07) is 5.43. The predicted octanol–water partition coefficient (Wildman–Crippen LogP) is 0.921. The van der Waals surface area contributed by atoms with Crippen LogP contribution in [-0.4, -0.2) is 16.1 Å². The summed E-state index contributed by atoms with van der Waals surface area (Å²) in [6.45, 7) is 2.96. The fourth-order valence-corrected chi connectivity index (χ4v) is 0.376. The average Bonchev–Trinajstić information content (AvgIpc) is 2.07. The van der Waals surface area contributed by atoms with Gasteiger partial charge in [0.25, 0.3) is 0 Å². The Labute approximate surface area is 70.4 Å². The molecule has 0 saturated heterocycles. The zero-order chi connectivity index (χ0) is 9.40. The van der Waals surface area contributed by atoms with Crippen molar-refractivity contribution in [3.63, 3.8) is 0 Å². The van der Waals surface area contributed by atoms with E-state index in [1.54, 1.807) is 12.3 Å². The van der Waals surface area contributed by atoms with Crippen LogP contribution in [0.25, 0.3) is 0 Å². The summed E-state index contributed by atoms with van der Waals surface area (Å²) in [7, 11) is 0. The molecule has 0 spiro atoms.